The molecule has 0 aromatic heterocycles. The van der Waals surface area contributed by atoms with E-state index in [1.54, 1.807) is 6.92 Å². The molecule has 0 atom stereocenters. The van der Waals surface area contributed by atoms with Gasteiger partial charge in [-0.2, -0.15) is 0 Å². The van der Waals surface area contributed by atoms with Crippen LogP contribution in [0, 0.1) is 12.7 Å². The van der Waals surface area contributed by atoms with Crippen LogP contribution in [0.1, 0.15) is 12.0 Å². The number of carbonyl (C=O) groups excluding carboxylic acids is 1. The SMILES string of the molecule is Cc1ccc(N2C(=O)CCS2(=O)=O)cc1S(=O)(=O)Nc1ccc(F)cc1. The summed E-state index contributed by atoms with van der Waals surface area (Å²) in [6.07, 6.45) is -0.147. The molecule has 3 rings (SSSR count). The highest BCUT2D eigenvalue weighted by Crippen LogP contribution is 2.29. The Labute approximate surface area is 150 Å². The van der Waals surface area contributed by atoms with Gasteiger partial charge in [-0.15, -0.1) is 0 Å². The van der Waals surface area contributed by atoms with Crippen molar-refractivity contribution in [2.75, 3.05) is 14.8 Å². The first kappa shape index (κ1) is 18.3. The molecular weight excluding hydrogens is 383 g/mol. The summed E-state index contributed by atoms with van der Waals surface area (Å²) in [4.78, 5) is 11.7. The maximum atomic E-state index is 13.0. The van der Waals surface area contributed by atoms with Gasteiger partial charge in [0.1, 0.15) is 5.82 Å². The van der Waals surface area contributed by atoms with Crippen LogP contribution in [-0.4, -0.2) is 28.5 Å². The van der Waals surface area contributed by atoms with Crippen LogP contribution in [0.3, 0.4) is 0 Å². The van der Waals surface area contributed by atoms with Crippen LogP contribution in [-0.2, 0) is 24.8 Å². The number of sulfonamides is 2. The standard InChI is InChI=1S/C16H15FN2O5S2/c1-11-2-7-14(19-16(20)8-9-25(19,21)22)10-15(11)26(23,24)18-13-5-3-12(17)4-6-13/h2-7,10,18H,8-9H2,1H3. The Balaban J connectivity index is 2.02. The summed E-state index contributed by atoms with van der Waals surface area (Å²) in [5.41, 5.74) is 0.492. The second-order valence-electron chi connectivity index (χ2n) is 5.79. The average molecular weight is 398 g/mol. The molecule has 1 heterocycles. The number of rotatable bonds is 4. The first-order valence-electron chi connectivity index (χ1n) is 7.55. The number of hydrogen-bond acceptors (Lipinski definition) is 5. The fourth-order valence-corrected chi connectivity index (χ4v) is 5.38. The van der Waals surface area contributed by atoms with Gasteiger partial charge in [-0.25, -0.2) is 25.5 Å². The maximum absolute atomic E-state index is 13.0. The molecule has 1 aliphatic heterocycles. The van der Waals surface area contributed by atoms with Crippen LogP contribution in [0.5, 0.6) is 0 Å². The predicted molar refractivity (Wildman–Crippen MR) is 94.3 cm³/mol. The Bertz CT molecular complexity index is 1080. The number of amides is 1. The van der Waals surface area contributed by atoms with Gasteiger partial charge in [0.15, 0.2) is 0 Å². The number of nitrogens with one attached hydrogen (secondary N) is 1. The topological polar surface area (TPSA) is 101 Å². The molecule has 138 valence electrons. The van der Waals surface area contributed by atoms with E-state index in [0.717, 1.165) is 18.2 Å². The summed E-state index contributed by atoms with van der Waals surface area (Å²) in [5, 5.41) is 0. The van der Waals surface area contributed by atoms with Gasteiger partial charge in [-0.1, -0.05) is 6.07 Å². The first-order valence-corrected chi connectivity index (χ1v) is 10.6. The van der Waals surface area contributed by atoms with Crippen molar-refractivity contribution in [1.29, 1.82) is 0 Å². The molecule has 0 bridgehead atoms. The monoisotopic (exact) mass is 398 g/mol. The van der Waals surface area contributed by atoms with Crippen molar-refractivity contribution < 1.29 is 26.0 Å². The van der Waals surface area contributed by atoms with Crippen molar-refractivity contribution in [3.05, 3.63) is 53.8 Å². The van der Waals surface area contributed by atoms with Gasteiger partial charge in [-0.3, -0.25) is 9.52 Å². The van der Waals surface area contributed by atoms with E-state index in [2.05, 4.69) is 4.72 Å². The zero-order valence-corrected chi connectivity index (χ0v) is 15.3. The molecule has 1 aliphatic rings. The smallest absolute Gasteiger partial charge is 0.262 e. The molecule has 26 heavy (non-hydrogen) atoms. The van der Waals surface area contributed by atoms with Crippen molar-refractivity contribution in [1.82, 2.24) is 0 Å². The van der Waals surface area contributed by atoms with Gasteiger partial charge in [0.05, 0.1) is 16.3 Å². The van der Waals surface area contributed by atoms with E-state index < -0.39 is 31.8 Å². The lowest BCUT2D eigenvalue weighted by atomic mass is 10.2. The van der Waals surface area contributed by atoms with E-state index in [9.17, 15) is 26.0 Å². The van der Waals surface area contributed by atoms with Crippen molar-refractivity contribution in [2.24, 2.45) is 0 Å². The van der Waals surface area contributed by atoms with Crippen LogP contribution >= 0.6 is 0 Å². The van der Waals surface area contributed by atoms with Crippen LogP contribution in [0.15, 0.2) is 47.4 Å². The van der Waals surface area contributed by atoms with E-state index in [-0.39, 0.29) is 28.4 Å². The van der Waals surface area contributed by atoms with Crippen LogP contribution in [0.2, 0.25) is 0 Å². The highest BCUT2D eigenvalue weighted by molar-refractivity contribution is 7.94. The van der Waals surface area contributed by atoms with Crippen molar-refractivity contribution in [2.45, 2.75) is 18.2 Å². The van der Waals surface area contributed by atoms with Gasteiger partial charge in [0, 0.05) is 12.1 Å². The predicted octanol–water partition coefficient (Wildman–Crippen LogP) is 2.00. The highest BCUT2D eigenvalue weighted by Gasteiger charge is 2.37. The Morgan fingerprint density at radius 2 is 1.77 bits per heavy atom. The molecule has 1 fully saturated rings. The van der Waals surface area contributed by atoms with Crippen LogP contribution < -0.4 is 9.03 Å². The summed E-state index contributed by atoms with van der Waals surface area (Å²) in [7, 11) is -7.87. The summed E-state index contributed by atoms with van der Waals surface area (Å²) < 4.78 is 65.3. The number of nitrogens with zero attached hydrogens (tertiary/aromatic N) is 1. The lowest BCUT2D eigenvalue weighted by Gasteiger charge is -2.17. The summed E-state index contributed by atoms with van der Waals surface area (Å²) in [5.74, 6) is -1.43. The second-order valence-corrected chi connectivity index (χ2v) is 9.37. The third-order valence-electron chi connectivity index (χ3n) is 3.87. The molecule has 0 radical (unpaired) electrons. The minimum Gasteiger partial charge on any atom is -0.280 e. The molecule has 7 nitrogen and oxygen atoms in total. The molecule has 1 saturated heterocycles. The molecule has 10 heteroatoms. The van der Waals surface area contributed by atoms with Gasteiger partial charge >= 0.3 is 0 Å². The third kappa shape index (κ3) is 3.42. The van der Waals surface area contributed by atoms with E-state index in [4.69, 9.17) is 0 Å². The van der Waals surface area contributed by atoms with Gasteiger partial charge in [-0.05, 0) is 48.9 Å². The normalized spacial score (nSPS) is 16.7. The van der Waals surface area contributed by atoms with Crippen LogP contribution in [0.25, 0.3) is 0 Å². The minimum absolute atomic E-state index is 0.0300. The van der Waals surface area contributed by atoms with Crippen LogP contribution in [0.4, 0.5) is 15.8 Å². The highest BCUT2D eigenvalue weighted by atomic mass is 32.2. The van der Waals surface area contributed by atoms with Gasteiger partial charge in [0.25, 0.3) is 10.0 Å². The number of carbonyl (C=O) groups is 1. The van der Waals surface area contributed by atoms with E-state index in [1.807, 2.05) is 0 Å². The Morgan fingerprint density at radius 1 is 1.12 bits per heavy atom. The molecule has 0 spiro atoms. The van der Waals surface area contributed by atoms with Gasteiger partial charge < -0.3 is 0 Å². The van der Waals surface area contributed by atoms with Crippen molar-refractivity contribution in [3.8, 4) is 0 Å². The number of hydrogen-bond donors (Lipinski definition) is 1. The van der Waals surface area contributed by atoms with E-state index in [1.165, 1.54) is 24.3 Å². The fraction of sp³-hybridized carbons (Fsp3) is 0.188. The molecule has 2 aromatic rings. The molecular formula is C16H15FN2O5S2. The third-order valence-corrected chi connectivity index (χ3v) is 7.08. The largest absolute Gasteiger partial charge is 0.280 e. The lowest BCUT2D eigenvalue weighted by Crippen LogP contribution is -2.29. The average Bonchev–Trinajstić information content (AvgIpc) is 2.83. The van der Waals surface area contributed by atoms with E-state index >= 15 is 0 Å². The number of anilines is 2. The van der Waals surface area contributed by atoms with Gasteiger partial charge in [0.2, 0.25) is 15.9 Å². The quantitative estimate of drug-likeness (QED) is 0.849. The Morgan fingerprint density at radius 3 is 2.35 bits per heavy atom. The Hall–Kier alpha value is -2.46. The molecule has 2 aromatic carbocycles. The van der Waals surface area contributed by atoms with Crippen molar-refractivity contribution in [3.63, 3.8) is 0 Å². The summed E-state index contributed by atoms with van der Waals surface area (Å²) in [6, 6.07) is 8.69. The summed E-state index contributed by atoms with van der Waals surface area (Å²) in [6.45, 7) is 1.54. The molecule has 1 amide bonds. The zero-order valence-electron chi connectivity index (χ0n) is 13.6. The fourth-order valence-electron chi connectivity index (χ4n) is 2.60. The first-order chi connectivity index (χ1) is 12.1. The minimum atomic E-state index is -4.07. The summed E-state index contributed by atoms with van der Waals surface area (Å²) >= 11 is 0. The molecule has 0 unspecified atom stereocenters. The number of benzene rings is 2. The second kappa shape index (κ2) is 6.36. The zero-order chi connectivity index (χ0) is 19.1. The van der Waals surface area contributed by atoms with Crippen molar-refractivity contribution >= 4 is 37.3 Å². The number of aryl methyl sites for hydroxylation is 1. The Kier molecular flexibility index (Phi) is 4.49. The maximum Gasteiger partial charge on any atom is 0.262 e. The molecule has 0 aliphatic carbocycles. The molecule has 0 saturated carbocycles. The van der Waals surface area contributed by atoms with E-state index in [0.29, 0.717) is 9.87 Å². The number of halogens is 1. The molecule has 1 N–H and O–H groups in total. The lowest BCUT2D eigenvalue weighted by molar-refractivity contribution is -0.116.